The van der Waals surface area contributed by atoms with Crippen molar-refractivity contribution in [2.24, 2.45) is 4.99 Å². The second kappa shape index (κ2) is 8.48. The number of likely N-dealkylation sites (tertiary alicyclic amines) is 1. The number of thiazole rings is 1. The van der Waals surface area contributed by atoms with Crippen molar-refractivity contribution >= 4 is 17.3 Å². The molecular formula is C16H29N5S. The Morgan fingerprint density at radius 3 is 2.86 bits per heavy atom. The fourth-order valence-corrected chi connectivity index (χ4v) is 3.89. The highest BCUT2D eigenvalue weighted by Gasteiger charge is 2.27. The number of aromatic nitrogens is 1. The van der Waals surface area contributed by atoms with Crippen molar-refractivity contribution in [3.8, 4) is 0 Å². The largest absolute Gasteiger partial charge is 0.356 e. The topological polar surface area (TPSA) is 43.8 Å². The van der Waals surface area contributed by atoms with Crippen molar-refractivity contribution in [2.75, 3.05) is 39.8 Å². The first-order chi connectivity index (χ1) is 10.7. The molecule has 1 unspecified atom stereocenters. The van der Waals surface area contributed by atoms with E-state index in [9.17, 15) is 0 Å². The van der Waals surface area contributed by atoms with Gasteiger partial charge in [-0.15, -0.1) is 11.3 Å². The van der Waals surface area contributed by atoms with Gasteiger partial charge in [0, 0.05) is 50.2 Å². The van der Waals surface area contributed by atoms with Gasteiger partial charge in [0.25, 0.3) is 0 Å². The summed E-state index contributed by atoms with van der Waals surface area (Å²) in [6, 6.07) is 0.662. The summed E-state index contributed by atoms with van der Waals surface area (Å²) >= 11 is 1.78. The van der Waals surface area contributed by atoms with Crippen LogP contribution in [0.2, 0.25) is 0 Å². The van der Waals surface area contributed by atoms with Gasteiger partial charge in [0.1, 0.15) is 0 Å². The molecule has 6 heteroatoms. The van der Waals surface area contributed by atoms with E-state index < -0.39 is 0 Å². The Kier molecular flexibility index (Phi) is 6.64. The molecule has 5 nitrogen and oxygen atoms in total. The summed E-state index contributed by atoms with van der Waals surface area (Å²) in [7, 11) is 1.88. The van der Waals surface area contributed by atoms with Gasteiger partial charge in [0.2, 0.25) is 0 Å². The average Bonchev–Trinajstić information content (AvgIpc) is 3.15. The molecule has 0 spiro atoms. The molecule has 2 heterocycles. The first-order valence-corrected chi connectivity index (χ1v) is 9.10. The Balaban J connectivity index is 1.80. The normalized spacial score (nSPS) is 19.2. The molecule has 0 bridgehead atoms. The predicted molar refractivity (Wildman–Crippen MR) is 94.8 cm³/mol. The van der Waals surface area contributed by atoms with Crippen LogP contribution >= 0.6 is 11.3 Å². The van der Waals surface area contributed by atoms with Gasteiger partial charge in [0.15, 0.2) is 5.96 Å². The van der Waals surface area contributed by atoms with Gasteiger partial charge in [0.05, 0.1) is 5.01 Å². The van der Waals surface area contributed by atoms with E-state index >= 15 is 0 Å². The Hall–Kier alpha value is -1.14. The highest BCUT2D eigenvalue weighted by atomic mass is 32.1. The van der Waals surface area contributed by atoms with Gasteiger partial charge in [-0.25, -0.2) is 4.98 Å². The standard InChI is InChI=1S/C16H29N5S/c1-5-20(6-2)14-8-10-21(12-14)16(17-4)18-9-7-15-19-11-13(3)22-15/h11,14H,5-10,12H2,1-4H3,(H,17,18). The van der Waals surface area contributed by atoms with Gasteiger partial charge in [-0.05, 0) is 26.4 Å². The van der Waals surface area contributed by atoms with Crippen molar-refractivity contribution in [1.29, 1.82) is 0 Å². The van der Waals surface area contributed by atoms with Crippen LogP contribution in [0.25, 0.3) is 0 Å². The predicted octanol–water partition coefficient (Wildman–Crippen LogP) is 1.99. The average molecular weight is 324 g/mol. The maximum Gasteiger partial charge on any atom is 0.193 e. The molecule has 1 saturated heterocycles. The van der Waals surface area contributed by atoms with Crippen LogP contribution in [-0.4, -0.2) is 66.6 Å². The van der Waals surface area contributed by atoms with E-state index in [1.54, 1.807) is 11.3 Å². The molecule has 124 valence electrons. The zero-order valence-corrected chi connectivity index (χ0v) is 15.1. The maximum atomic E-state index is 4.45. The van der Waals surface area contributed by atoms with Crippen molar-refractivity contribution in [3.05, 3.63) is 16.1 Å². The molecule has 1 aromatic rings. The fraction of sp³-hybridized carbons (Fsp3) is 0.750. The molecule has 0 amide bonds. The van der Waals surface area contributed by atoms with E-state index in [1.165, 1.54) is 16.3 Å². The van der Waals surface area contributed by atoms with Crippen LogP contribution in [0.15, 0.2) is 11.2 Å². The summed E-state index contributed by atoms with van der Waals surface area (Å²) in [5, 5.41) is 4.69. The number of hydrogen-bond acceptors (Lipinski definition) is 4. The van der Waals surface area contributed by atoms with Crippen LogP contribution in [0.5, 0.6) is 0 Å². The smallest absolute Gasteiger partial charge is 0.193 e. The van der Waals surface area contributed by atoms with Crippen molar-refractivity contribution in [2.45, 2.75) is 39.7 Å². The Morgan fingerprint density at radius 2 is 2.27 bits per heavy atom. The van der Waals surface area contributed by atoms with Crippen molar-refractivity contribution in [3.63, 3.8) is 0 Å². The van der Waals surface area contributed by atoms with Crippen molar-refractivity contribution in [1.82, 2.24) is 20.1 Å². The van der Waals surface area contributed by atoms with Gasteiger partial charge >= 0.3 is 0 Å². The molecule has 0 radical (unpaired) electrons. The maximum absolute atomic E-state index is 4.45. The monoisotopic (exact) mass is 323 g/mol. The SMILES string of the molecule is CCN(CC)C1CCN(C(=NC)NCCc2ncc(C)s2)C1. The van der Waals surface area contributed by atoms with E-state index in [0.717, 1.165) is 45.1 Å². The Morgan fingerprint density at radius 1 is 1.50 bits per heavy atom. The first kappa shape index (κ1) is 17.2. The van der Waals surface area contributed by atoms with Crippen LogP contribution < -0.4 is 5.32 Å². The quantitative estimate of drug-likeness (QED) is 0.642. The molecule has 1 atom stereocenters. The Labute approximate surface area is 138 Å². The van der Waals surface area contributed by atoms with Crippen LogP contribution in [0, 0.1) is 6.92 Å². The van der Waals surface area contributed by atoms with Gasteiger partial charge < -0.3 is 10.2 Å². The van der Waals surface area contributed by atoms with Gasteiger partial charge in [-0.1, -0.05) is 13.8 Å². The lowest BCUT2D eigenvalue weighted by molar-refractivity contribution is 0.223. The highest BCUT2D eigenvalue weighted by Crippen LogP contribution is 2.15. The number of nitrogens with one attached hydrogen (secondary N) is 1. The number of likely N-dealkylation sites (N-methyl/N-ethyl adjacent to an activating group) is 1. The summed E-state index contributed by atoms with van der Waals surface area (Å²) in [6.07, 6.45) is 4.14. The van der Waals surface area contributed by atoms with E-state index in [4.69, 9.17) is 0 Å². The lowest BCUT2D eigenvalue weighted by atomic mass is 10.2. The van der Waals surface area contributed by atoms with Crippen LogP contribution in [0.4, 0.5) is 0 Å². The van der Waals surface area contributed by atoms with Crippen LogP contribution in [0.3, 0.4) is 0 Å². The molecule has 1 aliphatic heterocycles. The number of aryl methyl sites for hydroxylation is 1. The molecule has 0 aromatic carbocycles. The van der Waals surface area contributed by atoms with Crippen LogP contribution in [0.1, 0.15) is 30.2 Å². The summed E-state index contributed by atoms with van der Waals surface area (Å²) < 4.78 is 0. The molecule has 22 heavy (non-hydrogen) atoms. The molecule has 0 saturated carbocycles. The molecule has 1 aliphatic rings. The number of aliphatic imine (C=N–C) groups is 1. The molecule has 1 aromatic heterocycles. The van der Waals surface area contributed by atoms with Gasteiger partial charge in [-0.2, -0.15) is 0 Å². The first-order valence-electron chi connectivity index (χ1n) is 8.28. The number of guanidine groups is 1. The van der Waals surface area contributed by atoms with E-state index in [0.29, 0.717) is 6.04 Å². The minimum absolute atomic E-state index is 0.662. The molecule has 1 fully saturated rings. The Bertz CT molecular complexity index is 481. The third-order valence-electron chi connectivity index (χ3n) is 4.29. The number of hydrogen-bond donors (Lipinski definition) is 1. The lowest BCUT2D eigenvalue weighted by Crippen LogP contribution is -2.43. The van der Waals surface area contributed by atoms with Crippen LogP contribution in [-0.2, 0) is 6.42 Å². The lowest BCUT2D eigenvalue weighted by Gasteiger charge is -2.27. The zero-order chi connectivity index (χ0) is 15.9. The van der Waals surface area contributed by atoms with Gasteiger partial charge in [-0.3, -0.25) is 9.89 Å². The number of nitrogens with zero attached hydrogens (tertiary/aromatic N) is 4. The zero-order valence-electron chi connectivity index (χ0n) is 14.3. The third kappa shape index (κ3) is 4.43. The van der Waals surface area contributed by atoms with E-state index in [2.05, 4.69) is 45.9 Å². The fourth-order valence-electron chi connectivity index (χ4n) is 3.10. The second-order valence-corrected chi connectivity index (χ2v) is 7.02. The molecule has 0 aliphatic carbocycles. The molecule has 1 N–H and O–H groups in total. The molecular weight excluding hydrogens is 294 g/mol. The highest BCUT2D eigenvalue weighted by molar-refractivity contribution is 7.11. The summed E-state index contributed by atoms with van der Waals surface area (Å²) in [5.74, 6) is 1.03. The van der Waals surface area contributed by atoms with Crippen molar-refractivity contribution < 1.29 is 0 Å². The molecule has 2 rings (SSSR count). The minimum Gasteiger partial charge on any atom is -0.356 e. The summed E-state index contributed by atoms with van der Waals surface area (Å²) in [4.78, 5) is 15.1. The van der Waals surface area contributed by atoms with E-state index in [1.807, 2.05) is 13.2 Å². The second-order valence-electron chi connectivity index (χ2n) is 5.70. The minimum atomic E-state index is 0.662. The third-order valence-corrected chi connectivity index (χ3v) is 5.27. The van der Waals surface area contributed by atoms with E-state index in [-0.39, 0.29) is 0 Å². The summed E-state index contributed by atoms with van der Waals surface area (Å²) in [6.45, 7) is 11.9. The number of rotatable bonds is 6. The summed E-state index contributed by atoms with van der Waals surface area (Å²) in [5.41, 5.74) is 0.